The van der Waals surface area contributed by atoms with Crippen molar-refractivity contribution in [3.05, 3.63) is 95.6 Å². The Morgan fingerprint density at radius 1 is 0.968 bits per heavy atom. The van der Waals surface area contributed by atoms with E-state index in [1.165, 1.54) is 37.5 Å². The summed E-state index contributed by atoms with van der Waals surface area (Å²) < 4.78 is 32.5. The van der Waals surface area contributed by atoms with Crippen molar-refractivity contribution in [2.24, 2.45) is 0 Å². The maximum atomic E-state index is 13.4. The summed E-state index contributed by atoms with van der Waals surface area (Å²) in [6.07, 6.45) is 1.35. The number of rotatable bonds is 6. The van der Waals surface area contributed by atoms with Gasteiger partial charge in [0, 0.05) is 0 Å². The van der Waals surface area contributed by atoms with Crippen molar-refractivity contribution in [1.29, 1.82) is 5.26 Å². The average molecular weight is 433 g/mol. The van der Waals surface area contributed by atoms with Gasteiger partial charge in [-0.3, -0.25) is 4.79 Å². The fourth-order valence-electron chi connectivity index (χ4n) is 2.86. The molecule has 0 radical (unpaired) electrons. The Labute approximate surface area is 181 Å². The minimum atomic E-state index is -4.25. The summed E-state index contributed by atoms with van der Waals surface area (Å²) in [5.41, 5.74) is 1.30. The molecule has 0 fully saturated rings. The lowest BCUT2D eigenvalue weighted by atomic mass is 10.1. The number of hydrogen-bond donors (Lipinski definition) is 0. The molecule has 31 heavy (non-hydrogen) atoms. The van der Waals surface area contributed by atoms with E-state index in [-0.39, 0.29) is 16.2 Å². The predicted octanol–water partition coefficient (Wildman–Crippen LogP) is 4.33. The molecular weight excluding hydrogens is 412 g/mol. The molecule has 3 aromatic carbocycles. The minimum Gasteiger partial charge on any atom is -0.497 e. The number of nitrogens with zero attached hydrogens (tertiary/aromatic N) is 2. The van der Waals surface area contributed by atoms with Crippen LogP contribution in [0.5, 0.6) is 5.75 Å². The number of benzene rings is 3. The van der Waals surface area contributed by atoms with Gasteiger partial charge >= 0.3 is 0 Å². The number of amides is 1. The van der Waals surface area contributed by atoms with E-state index in [0.29, 0.717) is 15.6 Å². The van der Waals surface area contributed by atoms with Crippen molar-refractivity contribution in [2.45, 2.75) is 11.8 Å². The first-order chi connectivity index (χ1) is 14.9. The molecule has 0 heterocycles. The number of carbonyl (C=O) groups excluding carboxylic acids is 1. The molecule has 0 bridgehead atoms. The molecule has 0 aliphatic heterocycles. The molecule has 0 aliphatic carbocycles. The quantitative estimate of drug-likeness (QED) is 0.427. The highest BCUT2D eigenvalue weighted by atomic mass is 32.2. The molecule has 1 amide bonds. The zero-order valence-electron chi connectivity index (χ0n) is 17.0. The summed E-state index contributed by atoms with van der Waals surface area (Å²) in [7, 11) is -2.72. The van der Waals surface area contributed by atoms with Crippen LogP contribution in [0.3, 0.4) is 0 Å². The van der Waals surface area contributed by atoms with Gasteiger partial charge in [-0.1, -0.05) is 48.0 Å². The van der Waals surface area contributed by atoms with Crippen LogP contribution in [-0.2, 0) is 14.8 Å². The molecule has 0 spiro atoms. The Morgan fingerprint density at radius 2 is 1.58 bits per heavy atom. The molecule has 3 rings (SSSR count). The molecule has 0 saturated heterocycles. The van der Waals surface area contributed by atoms with Gasteiger partial charge < -0.3 is 4.74 Å². The number of carbonyl (C=O) groups is 1. The van der Waals surface area contributed by atoms with Gasteiger partial charge in [-0.05, 0) is 55.0 Å². The predicted molar refractivity (Wildman–Crippen MR) is 119 cm³/mol. The number of ether oxygens (including phenoxy) is 1. The average Bonchev–Trinajstić information content (AvgIpc) is 2.79. The summed E-state index contributed by atoms with van der Waals surface area (Å²) >= 11 is 0. The van der Waals surface area contributed by atoms with Gasteiger partial charge in [0.2, 0.25) is 0 Å². The van der Waals surface area contributed by atoms with Crippen LogP contribution in [0, 0.1) is 18.3 Å². The number of methoxy groups -OCH3 is 1. The van der Waals surface area contributed by atoms with E-state index in [4.69, 9.17) is 4.74 Å². The first-order valence-corrected chi connectivity index (χ1v) is 10.8. The highest BCUT2D eigenvalue weighted by molar-refractivity contribution is 7.93. The Morgan fingerprint density at radius 3 is 2.13 bits per heavy atom. The molecule has 0 unspecified atom stereocenters. The molecule has 0 atom stereocenters. The van der Waals surface area contributed by atoms with Gasteiger partial charge in [0.1, 0.15) is 17.4 Å². The van der Waals surface area contributed by atoms with Crippen LogP contribution < -0.4 is 9.04 Å². The molecular formula is C24H20N2O4S. The maximum Gasteiger partial charge on any atom is 0.282 e. The molecule has 0 aromatic heterocycles. The van der Waals surface area contributed by atoms with E-state index in [9.17, 15) is 18.5 Å². The molecule has 0 saturated carbocycles. The van der Waals surface area contributed by atoms with Crippen LogP contribution in [-0.4, -0.2) is 21.4 Å². The number of sulfonamides is 1. The Bertz CT molecular complexity index is 1240. The zero-order chi connectivity index (χ0) is 22.4. The van der Waals surface area contributed by atoms with Gasteiger partial charge in [-0.2, -0.15) is 9.57 Å². The largest absolute Gasteiger partial charge is 0.497 e. The molecule has 0 N–H and O–H groups in total. The summed E-state index contributed by atoms with van der Waals surface area (Å²) in [6, 6.07) is 22.7. The Balaban J connectivity index is 2.11. The molecule has 0 aliphatic rings. The van der Waals surface area contributed by atoms with Crippen LogP contribution in [0.15, 0.2) is 89.3 Å². The van der Waals surface area contributed by atoms with Crippen molar-refractivity contribution < 1.29 is 17.9 Å². The number of anilines is 1. The van der Waals surface area contributed by atoms with Crippen molar-refractivity contribution >= 4 is 27.7 Å². The lowest BCUT2D eigenvalue weighted by Crippen LogP contribution is -2.37. The van der Waals surface area contributed by atoms with Crippen molar-refractivity contribution in [2.75, 3.05) is 11.4 Å². The van der Waals surface area contributed by atoms with Gasteiger partial charge in [0.05, 0.1) is 17.7 Å². The molecule has 7 heteroatoms. The third-order valence-electron chi connectivity index (χ3n) is 4.51. The number of aryl methyl sites for hydroxylation is 1. The first-order valence-electron chi connectivity index (χ1n) is 9.34. The van der Waals surface area contributed by atoms with Crippen LogP contribution in [0.25, 0.3) is 6.08 Å². The second-order valence-electron chi connectivity index (χ2n) is 6.67. The minimum absolute atomic E-state index is 0.0503. The molecule has 3 aromatic rings. The van der Waals surface area contributed by atoms with Crippen molar-refractivity contribution in [1.82, 2.24) is 0 Å². The lowest BCUT2D eigenvalue weighted by molar-refractivity contribution is -0.113. The fraction of sp³-hybridized carbons (Fsp3) is 0.0833. The summed E-state index contributed by atoms with van der Waals surface area (Å²) in [5.74, 6) is -0.319. The van der Waals surface area contributed by atoms with E-state index in [1.54, 1.807) is 54.6 Å². The summed E-state index contributed by atoms with van der Waals surface area (Å²) in [6.45, 7) is 1.85. The van der Waals surface area contributed by atoms with E-state index >= 15 is 0 Å². The topological polar surface area (TPSA) is 87.5 Å². The third-order valence-corrected chi connectivity index (χ3v) is 6.24. The molecule has 6 nitrogen and oxygen atoms in total. The van der Waals surface area contributed by atoms with Gasteiger partial charge in [-0.15, -0.1) is 0 Å². The van der Waals surface area contributed by atoms with Crippen LogP contribution in [0.4, 0.5) is 5.69 Å². The highest BCUT2D eigenvalue weighted by Gasteiger charge is 2.33. The summed E-state index contributed by atoms with van der Waals surface area (Å²) in [5, 5.41) is 9.65. The standard InChI is InChI=1S/C24H20N2O4S/c1-18-8-12-21(13-9-18)26(31(28,29)23-6-4-3-5-7-23)24(27)20(17-25)16-19-10-14-22(30-2)15-11-19/h3-16H,1-2H3/b20-16+. The zero-order valence-corrected chi connectivity index (χ0v) is 17.8. The fourth-order valence-corrected chi connectivity index (χ4v) is 4.29. The van der Waals surface area contributed by atoms with Gasteiger partial charge in [0.25, 0.3) is 15.9 Å². The lowest BCUT2D eigenvalue weighted by Gasteiger charge is -2.22. The van der Waals surface area contributed by atoms with E-state index in [0.717, 1.165) is 5.56 Å². The second kappa shape index (κ2) is 9.28. The number of hydrogen-bond acceptors (Lipinski definition) is 5. The van der Waals surface area contributed by atoms with Crippen molar-refractivity contribution in [3.63, 3.8) is 0 Å². The smallest absolute Gasteiger partial charge is 0.282 e. The van der Waals surface area contributed by atoms with Crippen LogP contribution in [0.2, 0.25) is 0 Å². The van der Waals surface area contributed by atoms with Crippen LogP contribution >= 0.6 is 0 Å². The summed E-state index contributed by atoms with van der Waals surface area (Å²) in [4.78, 5) is 13.3. The Kier molecular flexibility index (Phi) is 6.53. The Hall–Kier alpha value is -3.89. The van der Waals surface area contributed by atoms with Gasteiger partial charge in [0.15, 0.2) is 0 Å². The first kappa shape index (κ1) is 21.8. The maximum absolute atomic E-state index is 13.4. The van der Waals surface area contributed by atoms with E-state index in [2.05, 4.69) is 0 Å². The van der Waals surface area contributed by atoms with Crippen LogP contribution in [0.1, 0.15) is 11.1 Å². The third kappa shape index (κ3) is 4.82. The molecule has 156 valence electrons. The normalized spacial score (nSPS) is 11.5. The second-order valence-corrected chi connectivity index (χ2v) is 8.45. The van der Waals surface area contributed by atoms with Gasteiger partial charge in [-0.25, -0.2) is 8.42 Å². The highest BCUT2D eigenvalue weighted by Crippen LogP contribution is 2.27. The van der Waals surface area contributed by atoms with Crippen molar-refractivity contribution in [3.8, 4) is 11.8 Å². The monoisotopic (exact) mass is 432 g/mol. The van der Waals surface area contributed by atoms with E-state index < -0.39 is 15.9 Å². The van der Waals surface area contributed by atoms with E-state index in [1.807, 2.05) is 13.0 Å². The SMILES string of the molecule is COc1ccc(/C=C(\C#N)C(=O)N(c2ccc(C)cc2)S(=O)(=O)c2ccccc2)cc1. The number of nitriles is 1.